The number of carbonyl (C=O) groups excluding carboxylic acids is 1. The van der Waals surface area contributed by atoms with Gasteiger partial charge in [0, 0.05) is 5.02 Å². The molecule has 31 heavy (non-hydrogen) atoms. The van der Waals surface area contributed by atoms with Crippen molar-refractivity contribution in [2.45, 2.75) is 23.1 Å². The molecule has 7 nitrogen and oxygen atoms in total. The van der Waals surface area contributed by atoms with Crippen molar-refractivity contribution in [2.75, 3.05) is 21.9 Å². The summed E-state index contributed by atoms with van der Waals surface area (Å²) in [5.41, 5.74) is 1.01. The van der Waals surface area contributed by atoms with Crippen molar-refractivity contribution in [1.29, 1.82) is 0 Å². The number of nitrogens with zero attached hydrogens (tertiary/aromatic N) is 3. The maximum absolute atomic E-state index is 13.4. The van der Waals surface area contributed by atoms with Gasteiger partial charge in [0.25, 0.3) is 10.0 Å². The van der Waals surface area contributed by atoms with Crippen LogP contribution in [0, 0.1) is 6.92 Å². The molecular weight excluding hydrogens is 499 g/mol. The number of hydrogen-bond acceptors (Lipinski definition) is 7. The number of thioether (sulfide) groups is 1. The number of amides is 1. The van der Waals surface area contributed by atoms with Crippen molar-refractivity contribution in [3.05, 3.63) is 58.1 Å². The molecule has 0 atom stereocenters. The lowest BCUT2D eigenvalue weighted by Crippen LogP contribution is -2.38. The first-order chi connectivity index (χ1) is 14.7. The molecule has 0 bridgehead atoms. The minimum Gasteiger partial charge on any atom is -0.299 e. The van der Waals surface area contributed by atoms with Gasteiger partial charge in [-0.15, -0.1) is 10.2 Å². The third-order valence-corrected chi connectivity index (χ3v) is 8.18. The summed E-state index contributed by atoms with van der Waals surface area (Å²) >= 11 is 15.1. The van der Waals surface area contributed by atoms with Crippen molar-refractivity contribution in [2.24, 2.45) is 0 Å². The van der Waals surface area contributed by atoms with Crippen molar-refractivity contribution >= 4 is 73.0 Å². The predicted molar refractivity (Wildman–Crippen MR) is 127 cm³/mol. The molecule has 12 heteroatoms. The Kier molecular flexibility index (Phi) is 7.82. The van der Waals surface area contributed by atoms with Gasteiger partial charge in [-0.05, 0) is 43.0 Å². The summed E-state index contributed by atoms with van der Waals surface area (Å²) in [7, 11) is -4.11. The lowest BCUT2D eigenvalue weighted by atomic mass is 10.2. The Morgan fingerprint density at radius 3 is 2.55 bits per heavy atom. The fourth-order valence-electron chi connectivity index (χ4n) is 2.55. The standard InChI is InChI=1S/C19H18Cl2N4O3S3/c1-3-29-19-24-23-18(30-19)22-17(26)11-25(16-10-13(20)6-9-15(16)21)31(27,28)14-7-4-12(2)5-8-14/h4-10H,3,11H2,1-2H3,(H,22,23,26). The van der Waals surface area contributed by atoms with E-state index in [-0.39, 0.29) is 25.8 Å². The molecule has 0 saturated heterocycles. The summed E-state index contributed by atoms with van der Waals surface area (Å²) in [6.07, 6.45) is 0. The molecule has 0 aliphatic carbocycles. The van der Waals surface area contributed by atoms with Gasteiger partial charge in [0.15, 0.2) is 4.34 Å². The molecule has 0 aliphatic heterocycles. The Morgan fingerprint density at radius 1 is 1.16 bits per heavy atom. The maximum Gasteiger partial charge on any atom is 0.264 e. The first-order valence-corrected chi connectivity index (χ1v) is 13.0. The monoisotopic (exact) mass is 516 g/mol. The lowest BCUT2D eigenvalue weighted by molar-refractivity contribution is -0.114. The Hall–Kier alpha value is -1.85. The van der Waals surface area contributed by atoms with Crippen molar-refractivity contribution in [1.82, 2.24) is 10.2 Å². The molecule has 1 heterocycles. The number of rotatable bonds is 8. The zero-order valence-corrected chi connectivity index (χ0v) is 20.5. The van der Waals surface area contributed by atoms with Crippen LogP contribution in [0.5, 0.6) is 0 Å². The molecule has 0 unspecified atom stereocenters. The quantitative estimate of drug-likeness (QED) is 0.330. The molecule has 2 aromatic carbocycles. The second kappa shape index (κ2) is 10.2. The Labute approximate surface area is 198 Å². The molecule has 0 aliphatic rings. The van der Waals surface area contributed by atoms with Crippen LogP contribution in [0.1, 0.15) is 12.5 Å². The molecule has 164 valence electrons. The van der Waals surface area contributed by atoms with Crippen molar-refractivity contribution < 1.29 is 13.2 Å². The van der Waals surface area contributed by atoms with Crippen LogP contribution < -0.4 is 9.62 Å². The minimum absolute atomic E-state index is 0.0273. The number of benzene rings is 2. The topological polar surface area (TPSA) is 92.3 Å². The van der Waals surface area contributed by atoms with Crippen LogP contribution in [-0.2, 0) is 14.8 Å². The number of sulfonamides is 1. The molecule has 0 spiro atoms. The molecule has 0 radical (unpaired) electrons. The number of nitrogens with one attached hydrogen (secondary N) is 1. The summed E-state index contributed by atoms with van der Waals surface area (Å²) in [6.45, 7) is 3.31. The molecule has 1 amide bonds. The largest absolute Gasteiger partial charge is 0.299 e. The van der Waals surface area contributed by atoms with Gasteiger partial charge in [0.2, 0.25) is 11.0 Å². The van der Waals surface area contributed by atoms with Gasteiger partial charge in [-0.3, -0.25) is 14.4 Å². The van der Waals surface area contributed by atoms with E-state index in [1.54, 1.807) is 12.1 Å². The highest BCUT2D eigenvalue weighted by Crippen LogP contribution is 2.33. The van der Waals surface area contributed by atoms with Crippen LogP contribution in [-0.4, -0.2) is 36.8 Å². The Morgan fingerprint density at radius 2 is 1.87 bits per heavy atom. The van der Waals surface area contributed by atoms with Gasteiger partial charge in [-0.25, -0.2) is 8.42 Å². The number of halogens is 2. The van der Waals surface area contributed by atoms with Gasteiger partial charge in [0.05, 0.1) is 15.6 Å². The van der Waals surface area contributed by atoms with E-state index < -0.39 is 22.5 Å². The van der Waals surface area contributed by atoms with E-state index in [1.807, 2.05) is 13.8 Å². The van der Waals surface area contributed by atoms with E-state index in [9.17, 15) is 13.2 Å². The highest BCUT2D eigenvalue weighted by molar-refractivity contribution is 8.01. The molecule has 0 saturated carbocycles. The molecular formula is C19H18Cl2N4O3S3. The fourth-order valence-corrected chi connectivity index (χ4v) is 6.08. The van der Waals surface area contributed by atoms with Crippen LogP contribution in [0.4, 0.5) is 10.8 Å². The van der Waals surface area contributed by atoms with Crippen LogP contribution in [0.15, 0.2) is 51.7 Å². The Bertz CT molecular complexity index is 1180. The number of anilines is 2. The minimum atomic E-state index is -4.11. The second-order valence-corrected chi connectivity index (χ2v) is 11.5. The highest BCUT2D eigenvalue weighted by Gasteiger charge is 2.29. The average Bonchev–Trinajstić information content (AvgIpc) is 3.15. The smallest absolute Gasteiger partial charge is 0.264 e. The summed E-state index contributed by atoms with van der Waals surface area (Å²) in [5, 5.41) is 11.2. The first-order valence-electron chi connectivity index (χ1n) is 9.01. The van der Waals surface area contributed by atoms with Gasteiger partial charge >= 0.3 is 0 Å². The number of aryl methyl sites for hydroxylation is 1. The SMILES string of the molecule is CCSc1nnc(NC(=O)CN(c2cc(Cl)ccc2Cl)S(=O)(=O)c2ccc(C)cc2)s1. The lowest BCUT2D eigenvalue weighted by Gasteiger charge is -2.25. The van der Waals surface area contributed by atoms with Crippen molar-refractivity contribution in [3.63, 3.8) is 0 Å². The number of carbonyl (C=O) groups is 1. The van der Waals surface area contributed by atoms with E-state index in [0.717, 1.165) is 15.6 Å². The molecule has 3 rings (SSSR count). The predicted octanol–water partition coefficient (Wildman–Crippen LogP) is 5.10. The van der Waals surface area contributed by atoms with Crippen LogP contribution >= 0.6 is 46.3 Å². The zero-order chi connectivity index (χ0) is 22.6. The van der Waals surface area contributed by atoms with Gasteiger partial charge in [-0.1, -0.05) is 70.9 Å². The average molecular weight is 517 g/mol. The zero-order valence-electron chi connectivity index (χ0n) is 16.5. The van der Waals surface area contributed by atoms with E-state index in [0.29, 0.717) is 4.34 Å². The highest BCUT2D eigenvalue weighted by atomic mass is 35.5. The third kappa shape index (κ3) is 5.89. The third-order valence-electron chi connectivity index (χ3n) is 3.99. The molecule has 0 fully saturated rings. The normalized spacial score (nSPS) is 11.4. The summed E-state index contributed by atoms with van der Waals surface area (Å²) in [4.78, 5) is 12.8. The summed E-state index contributed by atoms with van der Waals surface area (Å²) in [5.74, 6) is 0.231. The van der Waals surface area contributed by atoms with Crippen LogP contribution in [0.3, 0.4) is 0 Å². The number of hydrogen-bond donors (Lipinski definition) is 1. The maximum atomic E-state index is 13.4. The summed E-state index contributed by atoms with van der Waals surface area (Å²) in [6, 6.07) is 10.7. The molecule has 3 aromatic rings. The van der Waals surface area contributed by atoms with Crippen LogP contribution in [0.25, 0.3) is 0 Å². The second-order valence-electron chi connectivity index (χ2n) is 6.27. The Balaban J connectivity index is 1.94. The van der Waals surface area contributed by atoms with Gasteiger partial charge in [0.1, 0.15) is 6.54 Å². The van der Waals surface area contributed by atoms with Crippen LogP contribution in [0.2, 0.25) is 10.0 Å². The summed E-state index contributed by atoms with van der Waals surface area (Å²) < 4.78 is 28.4. The van der Waals surface area contributed by atoms with E-state index >= 15 is 0 Å². The van der Waals surface area contributed by atoms with E-state index in [4.69, 9.17) is 23.2 Å². The molecule has 1 N–H and O–H groups in total. The van der Waals surface area contributed by atoms with E-state index in [2.05, 4.69) is 15.5 Å². The van der Waals surface area contributed by atoms with Gasteiger partial charge in [-0.2, -0.15) is 0 Å². The number of aromatic nitrogens is 2. The molecule has 1 aromatic heterocycles. The first kappa shape index (κ1) is 23.8. The van der Waals surface area contributed by atoms with Crippen molar-refractivity contribution in [3.8, 4) is 0 Å². The van der Waals surface area contributed by atoms with E-state index in [1.165, 1.54) is 53.4 Å². The van der Waals surface area contributed by atoms with Gasteiger partial charge < -0.3 is 0 Å². The fraction of sp³-hybridized carbons (Fsp3) is 0.211.